The molecule has 0 fully saturated rings. The van der Waals surface area contributed by atoms with Gasteiger partial charge in [0, 0.05) is 12.7 Å². The Labute approximate surface area is 125 Å². The minimum Gasteiger partial charge on any atom is -0.381 e. The lowest BCUT2D eigenvalue weighted by molar-refractivity contribution is 0.600. The fourth-order valence-electron chi connectivity index (χ4n) is 1.63. The van der Waals surface area contributed by atoms with Gasteiger partial charge in [0.05, 0.1) is 11.4 Å². The molecule has 0 atom stereocenters. The smallest absolute Gasteiger partial charge is 0.267 e. The van der Waals surface area contributed by atoms with E-state index in [1.54, 1.807) is 19.1 Å². The van der Waals surface area contributed by atoms with E-state index in [0.29, 0.717) is 22.5 Å². The van der Waals surface area contributed by atoms with E-state index < -0.39 is 10.0 Å². The first-order chi connectivity index (χ1) is 9.33. The average molecular weight is 360 g/mol. The number of halogens is 1. The number of anilines is 2. The zero-order valence-corrected chi connectivity index (χ0v) is 13.4. The van der Waals surface area contributed by atoms with Gasteiger partial charge in [0.1, 0.15) is 9.50 Å². The number of aryl methyl sites for hydroxylation is 2. The molecule has 20 heavy (non-hydrogen) atoms. The van der Waals surface area contributed by atoms with Gasteiger partial charge in [-0.25, -0.2) is 13.4 Å². The molecule has 0 bridgehead atoms. The maximum Gasteiger partial charge on any atom is 0.267 e. The molecule has 2 heterocycles. The first-order valence-corrected chi connectivity index (χ1v) is 8.10. The molecule has 0 aliphatic carbocycles. The molecule has 7 nitrogen and oxygen atoms in total. The summed E-state index contributed by atoms with van der Waals surface area (Å²) in [6.45, 7) is 4.10. The predicted octanol–water partition coefficient (Wildman–Crippen LogP) is 1.75. The molecule has 2 aromatic heterocycles. The summed E-state index contributed by atoms with van der Waals surface area (Å²) in [6, 6.07) is 3.29. The lowest BCUT2D eigenvalue weighted by Gasteiger charge is -2.09. The number of hydrogen-bond donors (Lipinski definition) is 2. The molecule has 0 aliphatic heterocycles. The van der Waals surface area contributed by atoms with Crippen LogP contribution in [0.25, 0.3) is 0 Å². The first kappa shape index (κ1) is 14.8. The van der Waals surface area contributed by atoms with Crippen molar-refractivity contribution in [3.05, 3.63) is 28.6 Å². The van der Waals surface area contributed by atoms with Gasteiger partial charge in [-0.15, -0.1) is 0 Å². The molecule has 0 aliphatic rings. The summed E-state index contributed by atoms with van der Waals surface area (Å²) in [5.41, 5.74) is 6.60. The molecule has 9 heteroatoms. The van der Waals surface area contributed by atoms with E-state index in [1.807, 2.05) is 6.92 Å². The third-order valence-corrected chi connectivity index (χ3v) is 4.49. The molecule has 0 radical (unpaired) electrons. The second-order valence-corrected chi connectivity index (χ2v) is 6.57. The summed E-state index contributed by atoms with van der Waals surface area (Å²) >= 11 is 3.22. The third kappa shape index (κ3) is 2.93. The highest BCUT2D eigenvalue weighted by molar-refractivity contribution is 9.10. The Kier molecular flexibility index (Phi) is 4.00. The zero-order valence-electron chi connectivity index (χ0n) is 11.0. The van der Waals surface area contributed by atoms with Crippen molar-refractivity contribution in [1.29, 1.82) is 0 Å². The Morgan fingerprint density at radius 1 is 1.45 bits per heavy atom. The SMILES string of the molecule is CCn1cc(S(=O)(=O)Nc2ccc(Br)nc2C)c(N)n1. The fourth-order valence-corrected chi connectivity index (χ4v) is 3.22. The Morgan fingerprint density at radius 3 is 2.70 bits per heavy atom. The standard InChI is InChI=1S/C11H14BrN5O2S/c1-3-17-6-9(11(13)15-17)20(18,19)16-8-4-5-10(12)14-7(8)2/h4-6,16H,3H2,1-2H3,(H2,13,15). The highest BCUT2D eigenvalue weighted by Crippen LogP contribution is 2.23. The van der Waals surface area contributed by atoms with Crippen molar-refractivity contribution in [2.24, 2.45) is 0 Å². The minimum absolute atomic E-state index is 0.0259. The lowest BCUT2D eigenvalue weighted by atomic mass is 10.3. The summed E-state index contributed by atoms with van der Waals surface area (Å²) in [7, 11) is -3.78. The second kappa shape index (κ2) is 5.41. The Morgan fingerprint density at radius 2 is 2.15 bits per heavy atom. The van der Waals surface area contributed by atoms with Gasteiger partial charge < -0.3 is 5.73 Å². The summed E-state index contributed by atoms with van der Waals surface area (Å²) in [4.78, 5) is 4.09. The van der Waals surface area contributed by atoms with E-state index in [0.717, 1.165) is 0 Å². The highest BCUT2D eigenvalue weighted by atomic mass is 79.9. The van der Waals surface area contributed by atoms with Crippen LogP contribution in [0.3, 0.4) is 0 Å². The number of nitrogens with two attached hydrogens (primary N) is 1. The van der Waals surface area contributed by atoms with Gasteiger partial charge in [-0.3, -0.25) is 9.40 Å². The van der Waals surface area contributed by atoms with Gasteiger partial charge in [0.2, 0.25) is 0 Å². The van der Waals surface area contributed by atoms with Gasteiger partial charge in [-0.1, -0.05) is 0 Å². The van der Waals surface area contributed by atoms with Crippen molar-refractivity contribution in [2.45, 2.75) is 25.3 Å². The van der Waals surface area contributed by atoms with Crippen LogP contribution in [0.5, 0.6) is 0 Å². The molecule has 0 spiro atoms. The number of hydrogen-bond acceptors (Lipinski definition) is 5. The van der Waals surface area contributed by atoms with Crippen LogP contribution >= 0.6 is 15.9 Å². The first-order valence-electron chi connectivity index (χ1n) is 5.82. The zero-order chi connectivity index (χ0) is 14.9. The quantitative estimate of drug-likeness (QED) is 0.809. The molecule has 0 unspecified atom stereocenters. The maximum atomic E-state index is 12.3. The molecular formula is C11H14BrN5O2S. The maximum absolute atomic E-state index is 12.3. The molecule has 0 amide bonds. The van der Waals surface area contributed by atoms with Crippen molar-refractivity contribution in [1.82, 2.24) is 14.8 Å². The van der Waals surface area contributed by atoms with Crippen molar-refractivity contribution < 1.29 is 8.42 Å². The molecule has 3 N–H and O–H groups in total. The van der Waals surface area contributed by atoms with E-state index >= 15 is 0 Å². The summed E-state index contributed by atoms with van der Waals surface area (Å²) in [5.74, 6) is -0.0259. The number of rotatable bonds is 4. The third-order valence-electron chi connectivity index (χ3n) is 2.66. The van der Waals surface area contributed by atoms with Crippen LogP contribution in [-0.2, 0) is 16.6 Å². The largest absolute Gasteiger partial charge is 0.381 e. The van der Waals surface area contributed by atoms with Crippen molar-refractivity contribution in [3.63, 3.8) is 0 Å². The molecule has 0 saturated carbocycles. The van der Waals surface area contributed by atoms with Crippen LogP contribution in [0.15, 0.2) is 27.8 Å². The second-order valence-electron chi connectivity index (χ2n) is 4.11. The molecule has 0 saturated heterocycles. The molecule has 0 aromatic carbocycles. The molecule has 2 rings (SSSR count). The Hall–Kier alpha value is -1.61. The Balaban J connectivity index is 2.38. The number of nitrogens with one attached hydrogen (secondary N) is 1. The summed E-state index contributed by atoms with van der Waals surface area (Å²) < 4.78 is 29.2. The van der Waals surface area contributed by atoms with E-state index in [9.17, 15) is 8.42 Å². The number of pyridine rings is 1. The van der Waals surface area contributed by atoms with Crippen LogP contribution in [-0.4, -0.2) is 23.2 Å². The van der Waals surface area contributed by atoms with Gasteiger partial charge >= 0.3 is 0 Å². The van der Waals surface area contributed by atoms with Crippen LogP contribution in [0.4, 0.5) is 11.5 Å². The van der Waals surface area contributed by atoms with Gasteiger partial charge in [-0.2, -0.15) is 5.10 Å². The van der Waals surface area contributed by atoms with Crippen molar-refractivity contribution in [3.8, 4) is 0 Å². The van der Waals surface area contributed by atoms with Crippen molar-refractivity contribution in [2.75, 3.05) is 10.5 Å². The van der Waals surface area contributed by atoms with E-state index in [2.05, 4.69) is 30.7 Å². The monoisotopic (exact) mass is 359 g/mol. The minimum atomic E-state index is -3.78. The number of nitrogens with zero attached hydrogens (tertiary/aromatic N) is 3. The van der Waals surface area contributed by atoms with Gasteiger partial charge in [0.25, 0.3) is 10.0 Å². The van der Waals surface area contributed by atoms with Crippen LogP contribution in [0, 0.1) is 6.92 Å². The summed E-state index contributed by atoms with van der Waals surface area (Å²) in [5, 5.41) is 3.93. The lowest BCUT2D eigenvalue weighted by Crippen LogP contribution is -2.15. The van der Waals surface area contributed by atoms with Crippen LogP contribution in [0.1, 0.15) is 12.6 Å². The van der Waals surface area contributed by atoms with Crippen LogP contribution in [0.2, 0.25) is 0 Å². The van der Waals surface area contributed by atoms with Gasteiger partial charge in [-0.05, 0) is 41.9 Å². The van der Waals surface area contributed by atoms with Crippen LogP contribution < -0.4 is 10.5 Å². The molecule has 108 valence electrons. The van der Waals surface area contributed by atoms with E-state index in [1.165, 1.54) is 10.9 Å². The Bertz CT molecular complexity index is 741. The average Bonchev–Trinajstić information content (AvgIpc) is 2.75. The number of nitrogen functional groups attached to an aromatic ring is 1. The highest BCUT2D eigenvalue weighted by Gasteiger charge is 2.22. The van der Waals surface area contributed by atoms with E-state index in [-0.39, 0.29) is 10.7 Å². The normalized spacial score (nSPS) is 11.6. The topological polar surface area (TPSA) is 103 Å². The van der Waals surface area contributed by atoms with E-state index in [4.69, 9.17) is 5.73 Å². The predicted molar refractivity (Wildman–Crippen MR) is 79.8 cm³/mol. The molecular weight excluding hydrogens is 346 g/mol. The van der Waals surface area contributed by atoms with Crippen molar-refractivity contribution >= 4 is 37.5 Å². The van der Waals surface area contributed by atoms with Gasteiger partial charge in [0.15, 0.2) is 5.82 Å². The fraction of sp³-hybridized carbons (Fsp3) is 0.273. The summed E-state index contributed by atoms with van der Waals surface area (Å²) in [6.07, 6.45) is 1.40. The number of sulfonamides is 1. The number of aromatic nitrogens is 3. The molecule has 2 aromatic rings.